The van der Waals surface area contributed by atoms with Crippen LogP contribution in [0.15, 0.2) is 72.3 Å². The van der Waals surface area contributed by atoms with Crippen LogP contribution < -0.4 is 15.0 Å². The second-order valence-electron chi connectivity index (χ2n) is 8.68. The lowest BCUT2D eigenvalue weighted by Gasteiger charge is -2.26. The van der Waals surface area contributed by atoms with Crippen molar-refractivity contribution in [2.24, 2.45) is 0 Å². The molecule has 2 amide bonds. The SMILES string of the molecule is CCc1ccc(C2/C(=C(/O)c3ccc(OC)c(C)c3)C(=O)C(=O)N2c2ccc(NC(C)=O)cc2)cc1. The number of ketones is 1. The third-order valence-corrected chi connectivity index (χ3v) is 6.28. The van der Waals surface area contributed by atoms with Crippen LogP contribution in [0.2, 0.25) is 0 Å². The number of amides is 2. The van der Waals surface area contributed by atoms with Gasteiger partial charge in [0.05, 0.1) is 18.7 Å². The van der Waals surface area contributed by atoms with E-state index in [1.807, 2.05) is 38.1 Å². The minimum atomic E-state index is -0.829. The van der Waals surface area contributed by atoms with Crippen molar-refractivity contribution in [2.75, 3.05) is 17.3 Å². The monoisotopic (exact) mass is 484 g/mol. The molecule has 7 nitrogen and oxygen atoms in total. The number of nitrogens with one attached hydrogen (secondary N) is 1. The van der Waals surface area contributed by atoms with Crippen molar-refractivity contribution in [3.05, 3.63) is 94.6 Å². The van der Waals surface area contributed by atoms with Crippen LogP contribution in [0.3, 0.4) is 0 Å². The van der Waals surface area contributed by atoms with Crippen molar-refractivity contribution in [3.8, 4) is 5.75 Å². The Kier molecular flexibility index (Phi) is 6.92. The second kappa shape index (κ2) is 10.1. The van der Waals surface area contributed by atoms with Gasteiger partial charge in [0.15, 0.2) is 0 Å². The first-order chi connectivity index (χ1) is 17.2. The second-order valence-corrected chi connectivity index (χ2v) is 8.68. The number of anilines is 2. The normalized spacial score (nSPS) is 16.8. The maximum absolute atomic E-state index is 13.3. The van der Waals surface area contributed by atoms with Gasteiger partial charge in [0.1, 0.15) is 11.5 Å². The molecule has 1 saturated heterocycles. The van der Waals surface area contributed by atoms with Crippen molar-refractivity contribution in [2.45, 2.75) is 33.2 Å². The Morgan fingerprint density at radius 1 is 1.03 bits per heavy atom. The van der Waals surface area contributed by atoms with Gasteiger partial charge in [-0.25, -0.2) is 0 Å². The fourth-order valence-corrected chi connectivity index (χ4v) is 4.44. The molecule has 1 aliphatic heterocycles. The number of hydrogen-bond acceptors (Lipinski definition) is 5. The van der Waals surface area contributed by atoms with Crippen molar-refractivity contribution in [1.29, 1.82) is 0 Å². The van der Waals surface area contributed by atoms with E-state index >= 15 is 0 Å². The zero-order valence-corrected chi connectivity index (χ0v) is 20.7. The van der Waals surface area contributed by atoms with E-state index < -0.39 is 17.7 Å². The lowest BCUT2D eigenvalue weighted by molar-refractivity contribution is -0.132. The number of carbonyl (C=O) groups is 3. The van der Waals surface area contributed by atoms with E-state index in [0.29, 0.717) is 28.3 Å². The maximum Gasteiger partial charge on any atom is 0.300 e. The minimum Gasteiger partial charge on any atom is -0.507 e. The highest BCUT2D eigenvalue weighted by Crippen LogP contribution is 2.42. The molecule has 1 heterocycles. The van der Waals surface area contributed by atoms with E-state index in [9.17, 15) is 19.5 Å². The smallest absolute Gasteiger partial charge is 0.300 e. The number of carbonyl (C=O) groups excluding carboxylic acids is 3. The molecule has 0 bridgehead atoms. The molecule has 0 saturated carbocycles. The number of Topliss-reactive ketones (excluding diaryl/α,β-unsaturated/α-hetero) is 1. The lowest BCUT2D eigenvalue weighted by Crippen LogP contribution is -2.29. The van der Waals surface area contributed by atoms with Crippen LogP contribution in [0.25, 0.3) is 5.76 Å². The maximum atomic E-state index is 13.3. The van der Waals surface area contributed by atoms with Gasteiger partial charge in [0, 0.05) is 23.9 Å². The number of methoxy groups -OCH3 is 1. The van der Waals surface area contributed by atoms with E-state index in [-0.39, 0.29) is 17.2 Å². The summed E-state index contributed by atoms with van der Waals surface area (Å²) in [5, 5.41) is 14.0. The highest BCUT2D eigenvalue weighted by molar-refractivity contribution is 6.51. The largest absolute Gasteiger partial charge is 0.507 e. The van der Waals surface area contributed by atoms with E-state index in [1.54, 1.807) is 49.6 Å². The molecule has 4 rings (SSSR count). The Bertz CT molecular complexity index is 1360. The van der Waals surface area contributed by atoms with Gasteiger partial charge in [-0.1, -0.05) is 31.2 Å². The summed E-state index contributed by atoms with van der Waals surface area (Å²) in [5.74, 6) is -1.32. The summed E-state index contributed by atoms with van der Waals surface area (Å²) < 4.78 is 5.31. The summed E-state index contributed by atoms with van der Waals surface area (Å²) >= 11 is 0. The molecule has 184 valence electrons. The number of aliphatic hydroxyl groups excluding tert-OH is 1. The van der Waals surface area contributed by atoms with Gasteiger partial charge >= 0.3 is 0 Å². The molecule has 1 unspecified atom stereocenters. The van der Waals surface area contributed by atoms with Crippen LogP contribution >= 0.6 is 0 Å². The average Bonchev–Trinajstić information content (AvgIpc) is 3.14. The zero-order chi connectivity index (χ0) is 26.0. The molecular weight excluding hydrogens is 456 g/mol. The summed E-state index contributed by atoms with van der Waals surface area (Å²) in [7, 11) is 1.56. The van der Waals surface area contributed by atoms with Gasteiger partial charge < -0.3 is 15.2 Å². The van der Waals surface area contributed by atoms with Crippen LogP contribution in [0.5, 0.6) is 5.75 Å². The number of hydrogen-bond donors (Lipinski definition) is 2. The molecule has 1 atom stereocenters. The van der Waals surface area contributed by atoms with E-state index in [0.717, 1.165) is 17.5 Å². The fraction of sp³-hybridized carbons (Fsp3) is 0.207. The Morgan fingerprint density at radius 3 is 2.25 bits per heavy atom. The third kappa shape index (κ3) is 4.60. The molecule has 7 heteroatoms. The van der Waals surface area contributed by atoms with Crippen LogP contribution in [0.4, 0.5) is 11.4 Å². The Labute approximate surface area is 210 Å². The van der Waals surface area contributed by atoms with Crippen LogP contribution in [-0.2, 0) is 20.8 Å². The van der Waals surface area contributed by atoms with Gasteiger partial charge in [0.25, 0.3) is 11.7 Å². The number of ether oxygens (including phenoxy) is 1. The van der Waals surface area contributed by atoms with Crippen molar-refractivity contribution in [3.63, 3.8) is 0 Å². The van der Waals surface area contributed by atoms with Gasteiger partial charge in [-0.15, -0.1) is 0 Å². The molecular formula is C29H28N2O5. The van der Waals surface area contributed by atoms with Gasteiger partial charge in [-0.05, 0) is 72.5 Å². The van der Waals surface area contributed by atoms with E-state index in [2.05, 4.69) is 5.32 Å². The summed E-state index contributed by atoms with van der Waals surface area (Å²) in [4.78, 5) is 39.5. The third-order valence-electron chi connectivity index (χ3n) is 6.28. The first-order valence-corrected chi connectivity index (χ1v) is 11.7. The molecule has 3 aromatic rings. The summed E-state index contributed by atoms with van der Waals surface area (Å²) in [5.41, 5.74) is 4.07. The number of nitrogens with zero attached hydrogens (tertiary/aromatic N) is 1. The number of aliphatic hydroxyl groups is 1. The average molecular weight is 485 g/mol. The predicted octanol–water partition coefficient (Wildman–Crippen LogP) is 5.15. The molecule has 1 aliphatic rings. The quantitative estimate of drug-likeness (QED) is 0.287. The van der Waals surface area contributed by atoms with Crippen LogP contribution in [0.1, 0.15) is 42.1 Å². The topological polar surface area (TPSA) is 95.9 Å². The van der Waals surface area contributed by atoms with Gasteiger partial charge in [0.2, 0.25) is 5.91 Å². The van der Waals surface area contributed by atoms with Gasteiger partial charge in [-0.3, -0.25) is 19.3 Å². The number of benzene rings is 3. The summed E-state index contributed by atoms with van der Waals surface area (Å²) in [6.45, 7) is 5.29. The zero-order valence-electron chi connectivity index (χ0n) is 20.7. The van der Waals surface area contributed by atoms with Crippen LogP contribution in [-0.4, -0.2) is 29.8 Å². The highest BCUT2D eigenvalue weighted by atomic mass is 16.5. The first-order valence-electron chi connectivity index (χ1n) is 11.7. The Hall–Kier alpha value is -4.39. The summed E-state index contributed by atoms with van der Waals surface area (Å²) in [6, 6.07) is 18.6. The van der Waals surface area contributed by atoms with Crippen molar-refractivity contribution in [1.82, 2.24) is 0 Å². The van der Waals surface area contributed by atoms with Crippen molar-refractivity contribution < 1.29 is 24.2 Å². The fourth-order valence-electron chi connectivity index (χ4n) is 4.44. The first kappa shape index (κ1) is 24.7. The lowest BCUT2D eigenvalue weighted by atomic mass is 9.94. The molecule has 36 heavy (non-hydrogen) atoms. The molecule has 3 aromatic carbocycles. The Morgan fingerprint density at radius 2 is 1.69 bits per heavy atom. The number of aryl methyl sites for hydroxylation is 2. The molecule has 2 N–H and O–H groups in total. The van der Waals surface area contributed by atoms with Gasteiger partial charge in [-0.2, -0.15) is 0 Å². The highest BCUT2D eigenvalue weighted by Gasteiger charge is 2.47. The number of rotatable bonds is 6. The molecule has 0 aliphatic carbocycles. The molecule has 0 spiro atoms. The Balaban J connectivity index is 1.87. The van der Waals surface area contributed by atoms with Crippen molar-refractivity contribution >= 4 is 34.7 Å². The molecule has 1 fully saturated rings. The standard InChI is InChI=1S/C29H28N2O5/c1-5-19-6-8-20(9-7-19)26-25(27(33)21-10-15-24(36-4)17(2)16-21)28(34)29(35)31(26)23-13-11-22(12-14-23)30-18(3)32/h6-16,26,33H,5H2,1-4H3,(H,30,32)/b27-25-. The van der Waals surface area contributed by atoms with E-state index in [4.69, 9.17) is 4.74 Å². The minimum absolute atomic E-state index is 0.0137. The van der Waals surface area contributed by atoms with E-state index in [1.165, 1.54) is 11.8 Å². The molecule has 0 aromatic heterocycles. The summed E-state index contributed by atoms with van der Waals surface area (Å²) in [6.07, 6.45) is 0.843. The molecule has 0 radical (unpaired) electrons. The van der Waals surface area contributed by atoms with Crippen LogP contribution in [0, 0.1) is 6.92 Å². The predicted molar refractivity (Wildman–Crippen MR) is 139 cm³/mol.